The Labute approximate surface area is 161 Å². The molecule has 0 spiro atoms. The Balaban J connectivity index is 1.49. The van der Waals surface area contributed by atoms with Gasteiger partial charge in [-0.2, -0.15) is 0 Å². The minimum Gasteiger partial charge on any atom is -0.453 e. The predicted octanol–water partition coefficient (Wildman–Crippen LogP) is 3.98. The Morgan fingerprint density at radius 2 is 1.86 bits per heavy atom. The molecular weight excluding hydrogens is 363 g/mol. The number of halogens is 1. The highest BCUT2D eigenvalue weighted by Gasteiger charge is 2.19. The lowest BCUT2D eigenvalue weighted by Gasteiger charge is -2.13. The lowest BCUT2D eigenvalue weighted by atomic mass is 10.2. The normalized spacial score (nSPS) is 11.6. The minimum atomic E-state index is -0.939. The molecule has 0 aliphatic carbocycles. The van der Waals surface area contributed by atoms with E-state index in [0.29, 0.717) is 11.3 Å². The van der Waals surface area contributed by atoms with Gasteiger partial charge in [0.05, 0.1) is 18.2 Å². The number of esters is 1. The van der Waals surface area contributed by atoms with Crippen molar-refractivity contribution in [3.63, 3.8) is 0 Å². The van der Waals surface area contributed by atoms with E-state index in [-0.39, 0.29) is 24.5 Å². The highest BCUT2D eigenvalue weighted by Crippen LogP contribution is 2.23. The van der Waals surface area contributed by atoms with Crippen molar-refractivity contribution in [2.24, 2.45) is 0 Å². The Kier molecular flexibility index (Phi) is 6.16. The summed E-state index contributed by atoms with van der Waals surface area (Å²) in [5.74, 6) is -0.810. The number of anilines is 1. The van der Waals surface area contributed by atoms with Crippen LogP contribution < -0.4 is 5.32 Å². The van der Waals surface area contributed by atoms with Crippen molar-refractivity contribution in [3.8, 4) is 11.3 Å². The Hall–Kier alpha value is -3.48. The van der Waals surface area contributed by atoms with Crippen LogP contribution in [0.25, 0.3) is 11.3 Å². The maximum atomic E-state index is 13.8. The number of hydrogen-bond acceptors (Lipinski definition) is 5. The minimum absolute atomic E-state index is 0.0137. The summed E-state index contributed by atoms with van der Waals surface area (Å²) in [6.45, 7) is 1.50. The Morgan fingerprint density at radius 3 is 2.61 bits per heavy atom. The van der Waals surface area contributed by atoms with Crippen LogP contribution in [0.5, 0.6) is 0 Å². The van der Waals surface area contributed by atoms with Gasteiger partial charge in [-0.3, -0.25) is 9.59 Å². The van der Waals surface area contributed by atoms with E-state index >= 15 is 0 Å². The smallest absolute Gasteiger partial charge is 0.307 e. The standard InChI is InChI=1S/C21H19FN2O4/c1-14(21(26)24-15-7-3-2-4-8-15)27-20(25)12-11-19-23-13-18(28-19)16-9-5-6-10-17(16)22/h2-10,13-14H,11-12H2,1H3,(H,24,26). The second-order valence-corrected chi connectivity index (χ2v) is 6.09. The zero-order valence-electron chi connectivity index (χ0n) is 15.2. The number of aryl methyl sites for hydroxylation is 1. The van der Waals surface area contributed by atoms with Gasteiger partial charge in [0.25, 0.3) is 5.91 Å². The largest absolute Gasteiger partial charge is 0.453 e. The van der Waals surface area contributed by atoms with Crippen LogP contribution in [0.15, 0.2) is 65.2 Å². The third kappa shape index (κ3) is 5.03. The topological polar surface area (TPSA) is 81.4 Å². The molecule has 0 bridgehead atoms. The van der Waals surface area contributed by atoms with Crippen LogP contribution in [0, 0.1) is 5.82 Å². The van der Waals surface area contributed by atoms with Crippen LogP contribution >= 0.6 is 0 Å². The van der Waals surface area contributed by atoms with Gasteiger partial charge in [0.15, 0.2) is 17.8 Å². The molecule has 144 valence electrons. The zero-order valence-corrected chi connectivity index (χ0v) is 15.2. The molecule has 1 atom stereocenters. The van der Waals surface area contributed by atoms with Crippen molar-refractivity contribution >= 4 is 17.6 Å². The van der Waals surface area contributed by atoms with Crippen molar-refractivity contribution in [1.82, 2.24) is 4.98 Å². The third-order valence-electron chi connectivity index (χ3n) is 3.95. The van der Waals surface area contributed by atoms with Crippen LogP contribution in [0.1, 0.15) is 19.2 Å². The number of amides is 1. The fourth-order valence-electron chi connectivity index (χ4n) is 2.50. The van der Waals surface area contributed by atoms with E-state index < -0.39 is 23.8 Å². The van der Waals surface area contributed by atoms with Crippen molar-refractivity contribution in [1.29, 1.82) is 0 Å². The second kappa shape index (κ2) is 8.94. The first-order valence-electron chi connectivity index (χ1n) is 8.78. The molecule has 0 saturated carbocycles. The molecule has 0 radical (unpaired) electrons. The predicted molar refractivity (Wildman–Crippen MR) is 101 cm³/mol. The first kappa shape index (κ1) is 19.3. The SMILES string of the molecule is CC(OC(=O)CCc1ncc(-c2ccccc2F)o1)C(=O)Nc1ccccc1. The van der Waals surface area contributed by atoms with Gasteiger partial charge in [-0.15, -0.1) is 0 Å². The molecule has 1 heterocycles. The molecule has 2 aromatic carbocycles. The van der Waals surface area contributed by atoms with Gasteiger partial charge in [0, 0.05) is 12.1 Å². The molecule has 7 heteroatoms. The number of carbonyl (C=O) groups excluding carboxylic acids is 2. The van der Waals surface area contributed by atoms with E-state index in [4.69, 9.17) is 9.15 Å². The van der Waals surface area contributed by atoms with E-state index in [0.717, 1.165) is 0 Å². The molecule has 6 nitrogen and oxygen atoms in total. The first-order valence-corrected chi connectivity index (χ1v) is 8.78. The van der Waals surface area contributed by atoms with Gasteiger partial charge in [-0.05, 0) is 31.2 Å². The summed E-state index contributed by atoms with van der Waals surface area (Å²) in [5.41, 5.74) is 0.922. The van der Waals surface area contributed by atoms with E-state index in [1.807, 2.05) is 6.07 Å². The van der Waals surface area contributed by atoms with Gasteiger partial charge < -0.3 is 14.5 Å². The third-order valence-corrected chi connectivity index (χ3v) is 3.95. The number of para-hydroxylation sites is 1. The number of carbonyl (C=O) groups is 2. The van der Waals surface area contributed by atoms with E-state index in [9.17, 15) is 14.0 Å². The number of aromatic nitrogens is 1. The van der Waals surface area contributed by atoms with Gasteiger partial charge in [0.1, 0.15) is 5.82 Å². The van der Waals surface area contributed by atoms with Crippen molar-refractivity contribution in [3.05, 3.63) is 72.5 Å². The molecule has 1 unspecified atom stereocenters. The van der Waals surface area contributed by atoms with Gasteiger partial charge >= 0.3 is 5.97 Å². The molecule has 1 aromatic heterocycles. The van der Waals surface area contributed by atoms with E-state index in [1.54, 1.807) is 42.5 Å². The average Bonchev–Trinajstić information content (AvgIpc) is 3.16. The molecule has 1 amide bonds. The van der Waals surface area contributed by atoms with Crippen LogP contribution in [0.3, 0.4) is 0 Å². The molecule has 0 aliphatic rings. The van der Waals surface area contributed by atoms with Crippen molar-refractivity contribution < 1.29 is 23.1 Å². The average molecular weight is 382 g/mol. The second-order valence-electron chi connectivity index (χ2n) is 6.09. The molecule has 0 fully saturated rings. The number of nitrogens with one attached hydrogen (secondary N) is 1. The lowest BCUT2D eigenvalue weighted by molar-refractivity contribution is -0.153. The fourth-order valence-corrected chi connectivity index (χ4v) is 2.50. The molecule has 28 heavy (non-hydrogen) atoms. The number of nitrogens with zero attached hydrogens (tertiary/aromatic N) is 1. The van der Waals surface area contributed by atoms with E-state index in [2.05, 4.69) is 10.3 Å². The molecule has 0 saturated heterocycles. The maximum Gasteiger partial charge on any atom is 0.307 e. The summed E-state index contributed by atoms with van der Waals surface area (Å²) >= 11 is 0. The number of rotatable bonds is 7. The molecule has 0 aliphatic heterocycles. The van der Waals surface area contributed by atoms with Crippen LogP contribution in [0.4, 0.5) is 10.1 Å². The number of oxazole rings is 1. The molecular formula is C21H19FN2O4. The van der Waals surface area contributed by atoms with Crippen LogP contribution in [0.2, 0.25) is 0 Å². The van der Waals surface area contributed by atoms with Gasteiger partial charge in [0.2, 0.25) is 0 Å². The lowest BCUT2D eigenvalue weighted by Crippen LogP contribution is -2.30. The van der Waals surface area contributed by atoms with Crippen LogP contribution in [-0.4, -0.2) is 23.0 Å². The summed E-state index contributed by atoms with van der Waals surface area (Å²) in [6, 6.07) is 15.1. The van der Waals surface area contributed by atoms with Gasteiger partial charge in [-0.25, -0.2) is 9.37 Å². The highest BCUT2D eigenvalue weighted by molar-refractivity contribution is 5.95. The molecule has 3 aromatic rings. The summed E-state index contributed by atoms with van der Waals surface area (Å²) in [7, 11) is 0. The number of hydrogen-bond donors (Lipinski definition) is 1. The first-order chi connectivity index (χ1) is 13.5. The number of ether oxygens (including phenoxy) is 1. The summed E-state index contributed by atoms with van der Waals surface area (Å²) in [5, 5.41) is 2.67. The quantitative estimate of drug-likeness (QED) is 0.625. The Bertz CT molecular complexity index is 956. The summed E-state index contributed by atoms with van der Waals surface area (Å²) in [4.78, 5) is 28.1. The van der Waals surface area contributed by atoms with Crippen LogP contribution in [-0.2, 0) is 20.7 Å². The zero-order chi connectivity index (χ0) is 19.9. The van der Waals surface area contributed by atoms with E-state index in [1.165, 1.54) is 19.2 Å². The fraction of sp³-hybridized carbons (Fsp3) is 0.190. The Morgan fingerprint density at radius 1 is 1.14 bits per heavy atom. The van der Waals surface area contributed by atoms with Crippen molar-refractivity contribution in [2.75, 3.05) is 5.32 Å². The summed E-state index contributed by atoms with van der Waals surface area (Å²) < 4.78 is 24.4. The number of benzene rings is 2. The summed E-state index contributed by atoms with van der Waals surface area (Å²) in [6.07, 6.45) is 0.640. The van der Waals surface area contributed by atoms with Gasteiger partial charge in [-0.1, -0.05) is 30.3 Å². The van der Waals surface area contributed by atoms with Crippen molar-refractivity contribution in [2.45, 2.75) is 25.9 Å². The highest BCUT2D eigenvalue weighted by atomic mass is 19.1. The maximum absolute atomic E-state index is 13.8. The monoisotopic (exact) mass is 382 g/mol. The molecule has 1 N–H and O–H groups in total. The molecule has 3 rings (SSSR count).